The number of pyridine rings is 1. The Bertz CT molecular complexity index is 424. The first-order valence-corrected chi connectivity index (χ1v) is 7.61. The Labute approximate surface area is 124 Å². The number of likely N-dealkylation sites (tertiary alicyclic amines) is 1. The minimum atomic E-state index is 0.651. The highest BCUT2D eigenvalue weighted by Crippen LogP contribution is 2.23. The van der Waals surface area contributed by atoms with Crippen molar-refractivity contribution >= 4 is 21.7 Å². The molecule has 2 rings (SSSR count). The van der Waals surface area contributed by atoms with Gasteiger partial charge < -0.3 is 15.1 Å². The van der Waals surface area contributed by atoms with E-state index in [0.29, 0.717) is 6.04 Å². The molecule has 1 N–H and O–H groups in total. The molecule has 106 valence electrons. The molecule has 1 saturated heterocycles. The Balaban J connectivity index is 2.11. The van der Waals surface area contributed by atoms with Crippen molar-refractivity contribution in [2.24, 2.45) is 0 Å². The second-order valence-corrected chi connectivity index (χ2v) is 6.24. The molecular weight excluding hydrogens is 304 g/mol. The van der Waals surface area contributed by atoms with E-state index in [4.69, 9.17) is 0 Å². The lowest BCUT2D eigenvalue weighted by Gasteiger charge is -2.28. The van der Waals surface area contributed by atoms with Crippen LogP contribution in [-0.2, 0) is 6.54 Å². The lowest BCUT2D eigenvalue weighted by atomic mass is 10.2. The number of aromatic nitrogens is 1. The quantitative estimate of drug-likeness (QED) is 0.897. The average Bonchev–Trinajstić information content (AvgIpc) is 2.75. The number of hydrogen-bond donors (Lipinski definition) is 1. The molecule has 5 heteroatoms. The van der Waals surface area contributed by atoms with Crippen LogP contribution in [0.4, 0.5) is 5.82 Å². The van der Waals surface area contributed by atoms with Gasteiger partial charge in [-0.25, -0.2) is 4.98 Å². The molecule has 0 saturated carbocycles. The fourth-order valence-electron chi connectivity index (χ4n) is 2.75. The summed E-state index contributed by atoms with van der Waals surface area (Å²) < 4.78 is 1.04. The fraction of sp³-hybridized carbons (Fsp3) is 0.643. The molecule has 1 aliphatic rings. The molecular formula is C14H23BrN4. The Morgan fingerprint density at radius 2 is 2.37 bits per heavy atom. The zero-order valence-electron chi connectivity index (χ0n) is 12.0. The van der Waals surface area contributed by atoms with E-state index in [1.54, 1.807) is 0 Å². The van der Waals surface area contributed by atoms with Crippen LogP contribution in [0.2, 0.25) is 0 Å². The predicted octanol–water partition coefficient (Wildman–Crippen LogP) is 2.09. The third-order valence-corrected chi connectivity index (χ3v) is 4.23. The van der Waals surface area contributed by atoms with E-state index in [1.807, 2.05) is 13.2 Å². The van der Waals surface area contributed by atoms with Gasteiger partial charge in [0.25, 0.3) is 0 Å². The maximum absolute atomic E-state index is 4.58. The number of nitrogens with zero attached hydrogens (tertiary/aromatic N) is 3. The molecule has 1 aromatic heterocycles. The monoisotopic (exact) mass is 326 g/mol. The van der Waals surface area contributed by atoms with Gasteiger partial charge in [-0.1, -0.05) is 0 Å². The maximum Gasteiger partial charge on any atom is 0.132 e. The smallest absolute Gasteiger partial charge is 0.132 e. The average molecular weight is 327 g/mol. The largest absolute Gasteiger partial charge is 0.358 e. The number of likely N-dealkylation sites (N-methyl/N-ethyl adjacent to an activating group) is 2. The van der Waals surface area contributed by atoms with E-state index in [2.05, 4.69) is 56.2 Å². The summed E-state index contributed by atoms with van der Waals surface area (Å²) in [4.78, 5) is 9.32. The number of halogens is 1. The van der Waals surface area contributed by atoms with Crippen molar-refractivity contribution in [1.82, 2.24) is 15.2 Å². The Morgan fingerprint density at radius 3 is 3.00 bits per heavy atom. The molecule has 1 unspecified atom stereocenters. The number of rotatable bonds is 5. The number of hydrogen-bond acceptors (Lipinski definition) is 4. The van der Waals surface area contributed by atoms with Crippen molar-refractivity contribution in [2.45, 2.75) is 25.4 Å². The van der Waals surface area contributed by atoms with E-state index in [0.717, 1.165) is 23.4 Å². The second-order valence-electron chi connectivity index (χ2n) is 5.32. The minimum absolute atomic E-state index is 0.651. The van der Waals surface area contributed by atoms with Gasteiger partial charge in [-0.2, -0.15) is 0 Å². The summed E-state index contributed by atoms with van der Waals surface area (Å²) in [5.74, 6) is 1.08. The van der Waals surface area contributed by atoms with E-state index < -0.39 is 0 Å². The lowest BCUT2D eigenvalue weighted by Crippen LogP contribution is -2.37. The van der Waals surface area contributed by atoms with Crippen molar-refractivity contribution in [3.8, 4) is 0 Å². The van der Waals surface area contributed by atoms with Gasteiger partial charge in [-0.3, -0.25) is 0 Å². The molecule has 0 aromatic carbocycles. The van der Waals surface area contributed by atoms with Crippen molar-refractivity contribution in [3.63, 3.8) is 0 Å². The molecule has 0 amide bonds. The van der Waals surface area contributed by atoms with Gasteiger partial charge in [0.15, 0.2) is 0 Å². The highest BCUT2D eigenvalue weighted by Gasteiger charge is 2.23. The molecule has 1 aliphatic heterocycles. The highest BCUT2D eigenvalue weighted by atomic mass is 79.9. The standard InChI is InChI=1S/C14H23BrN4/c1-16-8-11-7-12(15)9-17-14(11)19(3)10-13-5-4-6-18(13)2/h7,9,13,16H,4-6,8,10H2,1-3H3. The van der Waals surface area contributed by atoms with Gasteiger partial charge in [-0.05, 0) is 55.5 Å². The second kappa shape index (κ2) is 6.68. The van der Waals surface area contributed by atoms with Crippen LogP contribution in [0.1, 0.15) is 18.4 Å². The molecule has 1 atom stereocenters. The van der Waals surface area contributed by atoms with Gasteiger partial charge in [0, 0.05) is 42.4 Å². The van der Waals surface area contributed by atoms with Gasteiger partial charge in [0.05, 0.1) is 0 Å². The molecule has 0 spiro atoms. The van der Waals surface area contributed by atoms with Crippen LogP contribution in [0.5, 0.6) is 0 Å². The van der Waals surface area contributed by atoms with E-state index in [9.17, 15) is 0 Å². The maximum atomic E-state index is 4.58. The molecule has 0 aliphatic carbocycles. The molecule has 4 nitrogen and oxygen atoms in total. The molecule has 0 bridgehead atoms. The summed E-state index contributed by atoms with van der Waals surface area (Å²) in [7, 11) is 6.33. The molecule has 19 heavy (non-hydrogen) atoms. The van der Waals surface area contributed by atoms with Crippen molar-refractivity contribution in [1.29, 1.82) is 0 Å². The van der Waals surface area contributed by atoms with E-state index >= 15 is 0 Å². The van der Waals surface area contributed by atoms with Crippen molar-refractivity contribution in [2.75, 3.05) is 39.1 Å². The third kappa shape index (κ3) is 3.68. The highest BCUT2D eigenvalue weighted by molar-refractivity contribution is 9.10. The van der Waals surface area contributed by atoms with Gasteiger partial charge in [-0.15, -0.1) is 0 Å². The number of nitrogens with one attached hydrogen (secondary N) is 1. The first-order chi connectivity index (χ1) is 9.11. The van der Waals surface area contributed by atoms with E-state index in [-0.39, 0.29) is 0 Å². The zero-order chi connectivity index (χ0) is 13.8. The van der Waals surface area contributed by atoms with Crippen LogP contribution in [0, 0.1) is 0 Å². The predicted molar refractivity (Wildman–Crippen MR) is 83.6 cm³/mol. The van der Waals surface area contributed by atoms with Gasteiger partial charge in [0.2, 0.25) is 0 Å². The normalized spacial score (nSPS) is 19.9. The Hall–Kier alpha value is -0.650. The third-order valence-electron chi connectivity index (χ3n) is 3.79. The summed E-state index contributed by atoms with van der Waals surface area (Å²) in [5.41, 5.74) is 1.24. The zero-order valence-corrected chi connectivity index (χ0v) is 13.6. The van der Waals surface area contributed by atoms with Gasteiger partial charge >= 0.3 is 0 Å². The molecule has 1 fully saturated rings. The van der Waals surface area contributed by atoms with Crippen LogP contribution in [0.25, 0.3) is 0 Å². The van der Waals surface area contributed by atoms with Crippen LogP contribution < -0.4 is 10.2 Å². The van der Waals surface area contributed by atoms with Crippen molar-refractivity contribution in [3.05, 3.63) is 22.3 Å². The Kier molecular flexibility index (Phi) is 5.19. The summed E-state index contributed by atoms with van der Waals surface area (Å²) in [6.07, 6.45) is 4.48. The van der Waals surface area contributed by atoms with Crippen LogP contribution in [0.15, 0.2) is 16.7 Å². The van der Waals surface area contributed by atoms with E-state index in [1.165, 1.54) is 24.9 Å². The molecule has 1 aromatic rings. The number of anilines is 1. The van der Waals surface area contributed by atoms with Crippen LogP contribution >= 0.6 is 15.9 Å². The summed E-state index contributed by atoms with van der Waals surface area (Å²) in [6.45, 7) is 3.10. The summed E-state index contributed by atoms with van der Waals surface area (Å²) in [5, 5.41) is 3.21. The summed E-state index contributed by atoms with van der Waals surface area (Å²) >= 11 is 3.50. The van der Waals surface area contributed by atoms with Crippen molar-refractivity contribution < 1.29 is 0 Å². The molecule has 0 radical (unpaired) electrons. The first kappa shape index (κ1) is 14.8. The summed E-state index contributed by atoms with van der Waals surface area (Å²) in [6, 6.07) is 2.80. The topological polar surface area (TPSA) is 31.4 Å². The minimum Gasteiger partial charge on any atom is -0.358 e. The fourth-order valence-corrected chi connectivity index (χ4v) is 3.13. The van der Waals surface area contributed by atoms with Gasteiger partial charge in [0.1, 0.15) is 5.82 Å². The Morgan fingerprint density at radius 1 is 1.58 bits per heavy atom. The first-order valence-electron chi connectivity index (χ1n) is 6.82. The van der Waals surface area contributed by atoms with Crippen LogP contribution in [0.3, 0.4) is 0 Å². The molecule has 2 heterocycles. The SMILES string of the molecule is CNCc1cc(Br)cnc1N(C)CC1CCCN1C. The van der Waals surface area contributed by atoms with Crippen LogP contribution in [-0.4, -0.2) is 50.2 Å². The lowest BCUT2D eigenvalue weighted by molar-refractivity contribution is 0.314.